The summed E-state index contributed by atoms with van der Waals surface area (Å²) in [5, 5.41) is 12.4. The van der Waals surface area contributed by atoms with Gasteiger partial charge in [-0.3, -0.25) is 9.36 Å². The maximum absolute atomic E-state index is 11.9. The van der Waals surface area contributed by atoms with Gasteiger partial charge in [0.25, 0.3) is 0 Å². The SMILES string of the molecule is O=C(CSc1nnc(C2CC2)n1Cc1ccco1)NCC1CC1. The van der Waals surface area contributed by atoms with Crippen molar-refractivity contribution in [2.45, 2.75) is 43.3 Å². The number of hydrogen-bond donors (Lipinski definition) is 1. The van der Waals surface area contributed by atoms with Crippen LogP contribution < -0.4 is 5.32 Å². The molecule has 0 radical (unpaired) electrons. The standard InChI is InChI=1S/C16H20N4O2S/c21-14(17-8-11-3-4-11)10-23-16-19-18-15(12-5-6-12)20(16)9-13-2-1-7-22-13/h1-2,7,11-12H,3-6,8-10H2,(H,17,21). The minimum absolute atomic E-state index is 0.0717. The summed E-state index contributed by atoms with van der Waals surface area (Å²) in [6.45, 7) is 1.43. The maximum atomic E-state index is 11.9. The highest BCUT2D eigenvalue weighted by atomic mass is 32.2. The first-order valence-electron chi connectivity index (χ1n) is 8.14. The molecule has 0 bridgehead atoms. The van der Waals surface area contributed by atoms with E-state index in [1.807, 2.05) is 12.1 Å². The molecule has 0 aromatic carbocycles. The van der Waals surface area contributed by atoms with Crippen molar-refractivity contribution in [2.24, 2.45) is 5.92 Å². The van der Waals surface area contributed by atoms with E-state index in [4.69, 9.17) is 4.42 Å². The van der Waals surface area contributed by atoms with Crippen molar-refractivity contribution >= 4 is 17.7 Å². The van der Waals surface area contributed by atoms with E-state index < -0.39 is 0 Å². The number of nitrogens with one attached hydrogen (secondary N) is 1. The second-order valence-corrected chi connectivity index (χ2v) is 7.26. The van der Waals surface area contributed by atoms with Crippen molar-refractivity contribution in [3.8, 4) is 0 Å². The van der Waals surface area contributed by atoms with Gasteiger partial charge in [0.15, 0.2) is 5.16 Å². The minimum Gasteiger partial charge on any atom is -0.467 e. The lowest BCUT2D eigenvalue weighted by molar-refractivity contribution is -0.118. The summed E-state index contributed by atoms with van der Waals surface area (Å²) in [4.78, 5) is 11.9. The number of amides is 1. The molecule has 2 heterocycles. The number of nitrogens with zero attached hydrogens (tertiary/aromatic N) is 3. The van der Waals surface area contributed by atoms with E-state index in [0.717, 1.165) is 23.3 Å². The molecule has 4 rings (SSSR count). The van der Waals surface area contributed by atoms with Gasteiger partial charge in [0.2, 0.25) is 5.91 Å². The molecule has 0 saturated heterocycles. The van der Waals surface area contributed by atoms with E-state index in [1.165, 1.54) is 37.4 Å². The number of thioether (sulfide) groups is 1. The second kappa shape index (κ2) is 6.39. The predicted molar refractivity (Wildman–Crippen MR) is 86.3 cm³/mol. The van der Waals surface area contributed by atoms with Gasteiger partial charge in [-0.25, -0.2) is 0 Å². The number of aromatic nitrogens is 3. The van der Waals surface area contributed by atoms with Crippen molar-refractivity contribution in [2.75, 3.05) is 12.3 Å². The highest BCUT2D eigenvalue weighted by molar-refractivity contribution is 7.99. The molecule has 122 valence electrons. The second-order valence-electron chi connectivity index (χ2n) is 6.32. The quantitative estimate of drug-likeness (QED) is 0.752. The summed E-state index contributed by atoms with van der Waals surface area (Å²) in [5.74, 6) is 3.56. The fourth-order valence-electron chi connectivity index (χ4n) is 2.52. The zero-order chi connectivity index (χ0) is 15.6. The molecule has 0 aliphatic heterocycles. The first-order chi connectivity index (χ1) is 11.3. The van der Waals surface area contributed by atoms with Crippen molar-refractivity contribution in [3.63, 3.8) is 0 Å². The Morgan fingerprint density at radius 2 is 2.22 bits per heavy atom. The molecule has 0 unspecified atom stereocenters. The number of furan rings is 1. The third-order valence-electron chi connectivity index (χ3n) is 4.20. The Hall–Kier alpha value is -1.76. The van der Waals surface area contributed by atoms with Crippen LogP contribution in [-0.2, 0) is 11.3 Å². The molecule has 6 nitrogen and oxygen atoms in total. The molecule has 23 heavy (non-hydrogen) atoms. The minimum atomic E-state index is 0.0717. The van der Waals surface area contributed by atoms with Gasteiger partial charge in [-0.1, -0.05) is 11.8 Å². The third kappa shape index (κ3) is 3.77. The van der Waals surface area contributed by atoms with Gasteiger partial charge in [-0.05, 0) is 43.7 Å². The zero-order valence-corrected chi connectivity index (χ0v) is 13.7. The number of rotatable bonds is 8. The molecule has 7 heteroatoms. The van der Waals surface area contributed by atoms with E-state index in [-0.39, 0.29) is 5.91 Å². The Balaban J connectivity index is 1.41. The smallest absolute Gasteiger partial charge is 0.230 e. The molecule has 1 amide bonds. The predicted octanol–water partition coefficient (Wildman–Crippen LogP) is 2.42. The van der Waals surface area contributed by atoms with E-state index in [0.29, 0.717) is 24.1 Å². The van der Waals surface area contributed by atoms with Crippen molar-refractivity contribution in [1.29, 1.82) is 0 Å². The van der Waals surface area contributed by atoms with Crippen molar-refractivity contribution in [1.82, 2.24) is 20.1 Å². The van der Waals surface area contributed by atoms with Crippen LogP contribution in [0, 0.1) is 5.92 Å². The van der Waals surface area contributed by atoms with Gasteiger partial charge in [0, 0.05) is 12.5 Å². The number of carbonyl (C=O) groups is 1. The molecule has 2 aliphatic rings. The molecule has 2 saturated carbocycles. The van der Waals surface area contributed by atoms with Gasteiger partial charge in [0.05, 0.1) is 18.6 Å². The molecule has 2 fully saturated rings. The van der Waals surface area contributed by atoms with Crippen LogP contribution in [0.1, 0.15) is 43.2 Å². The normalized spacial score (nSPS) is 17.4. The fourth-order valence-corrected chi connectivity index (χ4v) is 3.29. The Morgan fingerprint density at radius 1 is 1.35 bits per heavy atom. The Labute approximate surface area is 139 Å². The van der Waals surface area contributed by atoms with Crippen molar-refractivity contribution < 1.29 is 9.21 Å². The largest absolute Gasteiger partial charge is 0.467 e. The Kier molecular flexibility index (Phi) is 4.11. The Bertz CT molecular complexity index is 674. The topological polar surface area (TPSA) is 73.0 Å². The summed E-state index contributed by atoms with van der Waals surface area (Å²) in [6.07, 6.45) is 6.51. The van der Waals surface area contributed by atoms with Crippen LogP contribution in [0.4, 0.5) is 0 Å². The molecular weight excluding hydrogens is 312 g/mol. The number of carbonyl (C=O) groups excluding carboxylic acids is 1. The highest BCUT2D eigenvalue weighted by Crippen LogP contribution is 2.40. The molecule has 2 aromatic heterocycles. The van der Waals surface area contributed by atoms with Crippen LogP contribution in [0.5, 0.6) is 0 Å². The Morgan fingerprint density at radius 3 is 2.91 bits per heavy atom. The van der Waals surface area contributed by atoms with Crippen LogP contribution in [0.25, 0.3) is 0 Å². The van der Waals surface area contributed by atoms with Gasteiger partial charge in [-0.2, -0.15) is 0 Å². The monoisotopic (exact) mass is 332 g/mol. The molecule has 0 spiro atoms. The first kappa shape index (κ1) is 14.8. The molecule has 1 N–H and O–H groups in total. The zero-order valence-electron chi connectivity index (χ0n) is 12.9. The fraction of sp³-hybridized carbons (Fsp3) is 0.562. The average Bonchev–Trinajstić information content (AvgIpc) is 3.48. The summed E-state index contributed by atoms with van der Waals surface area (Å²) >= 11 is 1.45. The maximum Gasteiger partial charge on any atom is 0.230 e. The van der Waals surface area contributed by atoms with E-state index in [9.17, 15) is 4.79 Å². The average molecular weight is 332 g/mol. The lowest BCUT2D eigenvalue weighted by Crippen LogP contribution is -2.27. The lowest BCUT2D eigenvalue weighted by Gasteiger charge is -2.08. The van der Waals surface area contributed by atoms with Crippen LogP contribution >= 0.6 is 11.8 Å². The van der Waals surface area contributed by atoms with E-state index in [2.05, 4.69) is 20.1 Å². The molecular formula is C16H20N4O2S. The van der Waals surface area contributed by atoms with Gasteiger partial charge in [-0.15, -0.1) is 10.2 Å². The van der Waals surface area contributed by atoms with Crippen LogP contribution in [0.2, 0.25) is 0 Å². The van der Waals surface area contributed by atoms with Gasteiger partial charge in [0.1, 0.15) is 11.6 Å². The third-order valence-corrected chi connectivity index (χ3v) is 5.17. The number of hydrogen-bond acceptors (Lipinski definition) is 5. The summed E-state index contributed by atoms with van der Waals surface area (Å²) < 4.78 is 7.54. The first-order valence-corrected chi connectivity index (χ1v) is 9.13. The molecule has 2 aliphatic carbocycles. The summed E-state index contributed by atoms with van der Waals surface area (Å²) in [7, 11) is 0. The summed E-state index contributed by atoms with van der Waals surface area (Å²) in [6, 6.07) is 3.84. The van der Waals surface area contributed by atoms with Crippen LogP contribution in [-0.4, -0.2) is 33.0 Å². The van der Waals surface area contributed by atoms with Gasteiger partial charge < -0.3 is 9.73 Å². The van der Waals surface area contributed by atoms with Crippen LogP contribution in [0.15, 0.2) is 28.0 Å². The van der Waals surface area contributed by atoms with E-state index >= 15 is 0 Å². The molecule has 0 atom stereocenters. The lowest BCUT2D eigenvalue weighted by atomic mass is 10.3. The van der Waals surface area contributed by atoms with Crippen molar-refractivity contribution in [3.05, 3.63) is 30.0 Å². The highest BCUT2D eigenvalue weighted by Gasteiger charge is 2.31. The van der Waals surface area contributed by atoms with E-state index in [1.54, 1.807) is 6.26 Å². The van der Waals surface area contributed by atoms with Gasteiger partial charge >= 0.3 is 0 Å². The molecule has 2 aromatic rings. The summed E-state index contributed by atoms with van der Waals surface area (Å²) in [5.41, 5.74) is 0. The van der Waals surface area contributed by atoms with Crippen LogP contribution in [0.3, 0.4) is 0 Å².